The molecular formula is C20H31N3O3. The molecule has 0 spiro atoms. The van der Waals surface area contributed by atoms with Gasteiger partial charge in [-0.15, -0.1) is 0 Å². The molecule has 3 amide bonds. The van der Waals surface area contributed by atoms with Crippen molar-refractivity contribution in [3.8, 4) is 0 Å². The molecule has 2 rings (SSSR count). The Balaban J connectivity index is 1.73. The van der Waals surface area contributed by atoms with E-state index in [1.165, 1.54) is 0 Å². The Labute approximate surface area is 156 Å². The zero-order valence-corrected chi connectivity index (χ0v) is 15.9. The second-order valence-corrected chi connectivity index (χ2v) is 6.54. The highest BCUT2D eigenvalue weighted by Gasteiger charge is 2.27. The van der Waals surface area contributed by atoms with Gasteiger partial charge in [0.2, 0.25) is 5.91 Å². The monoisotopic (exact) mass is 361 g/mol. The number of carbonyl (C=O) groups excluding carboxylic acids is 2. The molecular weight excluding hydrogens is 330 g/mol. The molecule has 1 saturated heterocycles. The van der Waals surface area contributed by atoms with Crippen molar-refractivity contribution < 1.29 is 14.3 Å². The number of amides is 3. The highest BCUT2D eigenvalue weighted by Crippen LogP contribution is 2.20. The van der Waals surface area contributed by atoms with Crippen molar-refractivity contribution in [3.63, 3.8) is 0 Å². The fourth-order valence-electron chi connectivity index (χ4n) is 3.16. The summed E-state index contributed by atoms with van der Waals surface area (Å²) in [5, 5.41) is 5.97. The Bertz CT molecular complexity index is 583. The lowest BCUT2D eigenvalue weighted by molar-refractivity contribution is -0.126. The van der Waals surface area contributed by atoms with Crippen molar-refractivity contribution in [2.75, 3.05) is 38.2 Å². The predicted octanol–water partition coefficient (Wildman–Crippen LogP) is 3.04. The Hall–Kier alpha value is -2.08. The first-order valence-corrected chi connectivity index (χ1v) is 9.65. The Morgan fingerprint density at radius 1 is 1.19 bits per heavy atom. The van der Waals surface area contributed by atoms with E-state index in [-0.39, 0.29) is 17.9 Å². The summed E-state index contributed by atoms with van der Waals surface area (Å²) in [5.74, 6) is 0.0898. The van der Waals surface area contributed by atoms with E-state index in [1.54, 1.807) is 4.90 Å². The number of piperidine rings is 1. The van der Waals surface area contributed by atoms with Crippen molar-refractivity contribution in [2.45, 2.75) is 39.5 Å². The second-order valence-electron chi connectivity index (χ2n) is 6.54. The smallest absolute Gasteiger partial charge is 0.321 e. The number of likely N-dealkylation sites (tertiary alicyclic amines) is 1. The minimum Gasteiger partial charge on any atom is -0.382 e. The molecule has 0 bridgehead atoms. The first kappa shape index (κ1) is 20.2. The normalized spacial score (nSPS) is 14.9. The molecule has 26 heavy (non-hydrogen) atoms. The summed E-state index contributed by atoms with van der Waals surface area (Å²) in [6.45, 7) is 7.28. The largest absolute Gasteiger partial charge is 0.382 e. The van der Waals surface area contributed by atoms with Crippen LogP contribution in [-0.4, -0.2) is 49.7 Å². The Kier molecular flexibility index (Phi) is 8.41. The first-order chi connectivity index (χ1) is 12.7. The second kappa shape index (κ2) is 10.8. The molecule has 144 valence electrons. The van der Waals surface area contributed by atoms with Crippen molar-refractivity contribution in [1.29, 1.82) is 0 Å². The first-order valence-electron chi connectivity index (χ1n) is 9.65. The number of urea groups is 1. The molecule has 6 nitrogen and oxygen atoms in total. The number of hydrogen-bond donors (Lipinski definition) is 2. The van der Waals surface area contributed by atoms with Crippen LogP contribution in [0.15, 0.2) is 24.3 Å². The average molecular weight is 361 g/mol. The zero-order valence-electron chi connectivity index (χ0n) is 15.9. The van der Waals surface area contributed by atoms with Gasteiger partial charge < -0.3 is 20.3 Å². The van der Waals surface area contributed by atoms with Gasteiger partial charge in [-0.05, 0) is 44.2 Å². The SMILES string of the molecule is CCOCCCNC(=O)C1CCN(C(=O)Nc2ccccc2CC)CC1. The highest BCUT2D eigenvalue weighted by molar-refractivity contribution is 5.90. The molecule has 2 N–H and O–H groups in total. The highest BCUT2D eigenvalue weighted by atomic mass is 16.5. The van der Waals surface area contributed by atoms with Crippen molar-refractivity contribution in [3.05, 3.63) is 29.8 Å². The molecule has 6 heteroatoms. The van der Waals surface area contributed by atoms with Gasteiger partial charge in [-0.2, -0.15) is 0 Å². The van der Waals surface area contributed by atoms with Gasteiger partial charge in [-0.3, -0.25) is 4.79 Å². The molecule has 0 atom stereocenters. The quantitative estimate of drug-likeness (QED) is 0.699. The summed E-state index contributed by atoms with van der Waals surface area (Å²) in [6, 6.07) is 7.78. The lowest BCUT2D eigenvalue weighted by Crippen LogP contribution is -2.44. The van der Waals surface area contributed by atoms with Crippen LogP contribution < -0.4 is 10.6 Å². The molecule has 0 aromatic heterocycles. The minimum absolute atomic E-state index is 0.00549. The summed E-state index contributed by atoms with van der Waals surface area (Å²) in [6.07, 6.45) is 3.12. The van der Waals surface area contributed by atoms with E-state index in [0.717, 1.165) is 24.1 Å². The molecule has 1 aromatic rings. The fraction of sp³-hybridized carbons (Fsp3) is 0.600. The molecule has 1 fully saturated rings. The van der Waals surface area contributed by atoms with Crippen LogP contribution >= 0.6 is 0 Å². The summed E-state index contributed by atoms with van der Waals surface area (Å²) in [5.41, 5.74) is 2.00. The van der Waals surface area contributed by atoms with Crippen LogP contribution in [0.1, 0.15) is 38.7 Å². The lowest BCUT2D eigenvalue weighted by atomic mass is 9.96. The van der Waals surface area contributed by atoms with Gasteiger partial charge >= 0.3 is 6.03 Å². The molecule has 0 unspecified atom stereocenters. The minimum atomic E-state index is -0.0820. The molecule has 1 heterocycles. The number of rotatable bonds is 8. The van der Waals surface area contributed by atoms with Gasteiger partial charge in [0, 0.05) is 44.5 Å². The van der Waals surface area contributed by atoms with Gasteiger partial charge in [0.05, 0.1) is 0 Å². The van der Waals surface area contributed by atoms with Crippen LogP contribution in [0.3, 0.4) is 0 Å². The molecule has 0 aliphatic carbocycles. The van der Waals surface area contributed by atoms with Crippen LogP contribution in [-0.2, 0) is 16.0 Å². The van der Waals surface area contributed by atoms with E-state index in [0.29, 0.717) is 45.7 Å². The molecule has 1 aliphatic heterocycles. The molecule has 0 radical (unpaired) electrons. The maximum atomic E-state index is 12.5. The Morgan fingerprint density at radius 3 is 2.62 bits per heavy atom. The standard InChI is InChI=1S/C20H31N3O3/c1-3-16-8-5-6-9-18(16)22-20(25)23-13-10-17(11-14-23)19(24)21-12-7-15-26-4-2/h5-6,8-9,17H,3-4,7,10-15H2,1-2H3,(H,21,24)(H,22,25). The van der Waals surface area contributed by atoms with E-state index in [4.69, 9.17) is 4.74 Å². The zero-order chi connectivity index (χ0) is 18.8. The van der Waals surface area contributed by atoms with Crippen LogP contribution in [0.5, 0.6) is 0 Å². The number of aryl methyl sites for hydroxylation is 1. The average Bonchev–Trinajstić information content (AvgIpc) is 2.68. The maximum Gasteiger partial charge on any atom is 0.321 e. The summed E-state index contributed by atoms with van der Waals surface area (Å²) in [4.78, 5) is 26.5. The predicted molar refractivity (Wildman–Crippen MR) is 103 cm³/mol. The number of nitrogens with one attached hydrogen (secondary N) is 2. The summed E-state index contributed by atoms with van der Waals surface area (Å²) in [7, 11) is 0. The third-order valence-electron chi connectivity index (χ3n) is 4.76. The van der Waals surface area contributed by atoms with Crippen LogP contribution in [0.4, 0.5) is 10.5 Å². The van der Waals surface area contributed by atoms with Gasteiger partial charge in [0.1, 0.15) is 0 Å². The fourth-order valence-corrected chi connectivity index (χ4v) is 3.16. The summed E-state index contributed by atoms with van der Waals surface area (Å²) >= 11 is 0. The van der Waals surface area contributed by atoms with E-state index in [1.807, 2.05) is 31.2 Å². The molecule has 1 aliphatic rings. The van der Waals surface area contributed by atoms with E-state index in [9.17, 15) is 9.59 Å². The van der Waals surface area contributed by atoms with Crippen LogP contribution in [0.25, 0.3) is 0 Å². The summed E-state index contributed by atoms with van der Waals surface area (Å²) < 4.78 is 5.26. The van der Waals surface area contributed by atoms with Gasteiger partial charge in [-0.1, -0.05) is 25.1 Å². The number of nitrogens with zero attached hydrogens (tertiary/aromatic N) is 1. The number of anilines is 1. The third kappa shape index (κ3) is 6.02. The van der Waals surface area contributed by atoms with Crippen LogP contribution in [0, 0.1) is 5.92 Å². The van der Waals surface area contributed by atoms with Crippen molar-refractivity contribution in [1.82, 2.24) is 10.2 Å². The lowest BCUT2D eigenvalue weighted by Gasteiger charge is -2.31. The number of carbonyl (C=O) groups is 2. The molecule has 1 aromatic carbocycles. The molecule has 0 saturated carbocycles. The van der Waals surface area contributed by atoms with Crippen molar-refractivity contribution >= 4 is 17.6 Å². The van der Waals surface area contributed by atoms with Gasteiger partial charge in [0.15, 0.2) is 0 Å². The number of ether oxygens (including phenoxy) is 1. The number of para-hydroxylation sites is 1. The maximum absolute atomic E-state index is 12.5. The van der Waals surface area contributed by atoms with Gasteiger partial charge in [-0.25, -0.2) is 4.79 Å². The number of benzene rings is 1. The topological polar surface area (TPSA) is 70.7 Å². The number of hydrogen-bond acceptors (Lipinski definition) is 3. The van der Waals surface area contributed by atoms with Gasteiger partial charge in [0.25, 0.3) is 0 Å². The van der Waals surface area contributed by atoms with Crippen molar-refractivity contribution in [2.24, 2.45) is 5.92 Å². The third-order valence-corrected chi connectivity index (χ3v) is 4.76. The van der Waals surface area contributed by atoms with Crippen LogP contribution in [0.2, 0.25) is 0 Å². The van der Waals surface area contributed by atoms with E-state index in [2.05, 4.69) is 17.6 Å². The Morgan fingerprint density at radius 2 is 1.92 bits per heavy atom. The van der Waals surface area contributed by atoms with E-state index >= 15 is 0 Å². The van der Waals surface area contributed by atoms with E-state index < -0.39 is 0 Å².